The van der Waals surface area contributed by atoms with Crippen LogP contribution in [0.5, 0.6) is 0 Å². The Labute approximate surface area is 141 Å². The third-order valence-electron chi connectivity index (χ3n) is 3.11. The molecular formula is C15H10Cl2N2O2S. The van der Waals surface area contributed by atoms with Gasteiger partial charge in [0.05, 0.1) is 21.5 Å². The Kier molecular flexibility index (Phi) is 4.29. The van der Waals surface area contributed by atoms with E-state index in [1.54, 1.807) is 30.5 Å². The van der Waals surface area contributed by atoms with Crippen molar-refractivity contribution in [3.63, 3.8) is 0 Å². The number of imide groups is 1. The first-order valence-corrected chi connectivity index (χ1v) is 7.94. The van der Waals surface area contributed by atoms with Crippen LogP contribution in [0.15, 0.2) is 41.4 Å². The highest BCUT2D eigenvalue weighted by atomic mass is 35.5. The molecule has 1 aromatic heterocycles. The van der Waals surface area contributed by atoms with E-state index in [4.69, 9.17) is 23.2 Å². The zero-order valence-electron chi connectivity index (χ0n) is 11.2. The molecule has 0 atom stereocenters. The van der Waals surface area contributed by atoms with E-state index in [2.05, 4.69) is 4.98 Å². The summed E-state index contributed by atoms with van der Waals surface area (Å²) in [5, 5.41) is 0.535. The van der Waals surface area contributed by atoms with E-state index in [9.17, 15) is 9.59 Å². The number of H-pyrrole nitrogens is 1. The normalized spacial score (nSPS) is 16.8. The highest BCUT2D eigenvalue weighted by Crippen LogP contribution is 2.33. The quantitative estimate of drug-likeness (QED) is 0.823. The minimum Gasteiger partial charge on any atom is -0.362 e. The fourth-order valence-electron chi connectivity index (χ4n) is 2.03. The van der Waals surface area contributed by atoms with Crippen LogP contribution in [0.4, 0.5) is 4.79 Å². The van der Waals surface area contributed by atoms with Crippen molar-refractivity contribution >= 4 is 52.2 Å². The van der Waals surface area contributed by atoms with Gasteiger partial charge in [-0.3, -0.25) is 14.5 Å². The number of hydrogen-bond donors (Lipinski definition) is 1. The third-order valence-corrected chi connectivity index (χ3v) is 4.75. The Morgan fingerprint density at radius 3 is 2.68 bits per heavy atom. The lowest BCUT2D eigenvalue weighted by atomic mass is 10.2. The predicted octanol–water partition coefficient (Wildman–Crippen LogP) is 4.56. The average molecular weight is 353 g/mol. The number of aromatic nitrogens is 1. The number of amides is 2. The summed E-state index contributed by atoms with van der Waals surface area (Å²) in [4.78, 5) is 28.9. The fourth-order valence-corrected chi connectivity index (χ4v) is 3.18. The molecule has 7 heteroatoms. The van der Waals surface area contributed by atoms with Crippen LogP contribution in [-0.2, 0) is 11.3 Å². The van der Waals surface area contributed by atoms with Crippen LogP contribution in [0.1, 0.15) is 11.3 Å². The second kappa shape index (κ2) is 6.20. The van der Waals surface area contributed by atoms with Crippen molar-refractivity contribution in [3.05, 3.63) is 62.7 Å². The number of nitrogens with one attached hydrogen (secondary N) is 1. The lowest BCUT2D eigenvalue weighted by Crippen LogP contribution is -2.27. The number of halogens is 2. The maximum absolute atomic E-state index is 12.3. The topological polar surface area (TPSA) is 53.2 Å². The summed E-state index contributed by atoms with van der Waals surface area (Å²) >= 11 is 12.7. The van der Waals surface area contributed by atoms with Gasteiger partial charge in [-0.1, -0.05) is 29.3 Å². The van der Waals surface area contributed by atoms with E-state index in [1.165, 1.54) is 4.90 Å². The van der Waals surface area contributed by atoms with Crippen LogP contribution in [0.3, 0.4) is 0 Å². The Balaban J connectivity index is 1.81. The van der Waals surface area contributed by atoms with Crippen LogP contribution in [0.25, 0.3) is 6.08 Å². The van der Waals surface area contributed by atoms with Gasteiger partial charge in [0, 0.05) is 11.9 Å². The molecule has 1 fully saturated rings. The lowest BCUT2D eigenvalue weighted by Gasteiger charge is -2.12. The Hall–Kier alpha value is -1.69. The summed E-state index contributed by atoms with van der Waals surface area (Å²) in [6, 6.07) is 8.69. The summed E-state index contributed by atoms with van der Waals surface area (Å²) in [6.45, 7) is 0.170. The minimum absolute atomic E-state index is 0.170. The van der Waals surface area contributed by atoms with Gasteiger partial charge in [0.15, 0.2) is 0 Å². The standard InChI is InChI=1S/C15H10Cl2N2O2S/c16-11-4-3-9(6-12(11)17)8-19-14(20)13(22-15(19)21)7-10-2-1-5-18-10/h1-7,18H,8H2/b13-7-. The molecule has 2 heterocycles. The summed E-state index contributed by atoms with van der Waals surface area (Å²) in [5.41, 5.74) is 1.53. The largest absolute Gasteiger partial charge is 0.362 e. The number of carbonyl (C=O) groups is 2. The van der Waals surface area contributed by atoms with E-state index >= 15 is 0 Å². The molecule has 1 aromatic carbocycles. The van der Waals surface area contributed by atoms with Crippen LogP contribution in [0.2, 0.25) is 10.0 Å². The molecule has 0 spiro atoms. The van der Waals surface area contributed by atoms with Crippen LogP contribution in [-0.4, -0.2) is 21.0 Å². The van der Waals surface area contributed by atoms with Crippen molar-refractivity contribution in [2.45, 2.75) is 6.54 Å². The molecule has 0 radical (unpaired) electrons. The summed E-state index contributed by atoms with van der Waals surface area (Å²) in [6.07, 6.45) is 3.42. The number of hydrogen-bond acceptors (Lipinski definition) is 3. The van der Waals surface area contributed by atoms with Crippen LogP contribution in [0, 0.1) is 0 Å². The molecule has 1 N–H and O–H groups in total. The molecule has 1 aliphatic rings. The predicted molar refractivity (Wildman–Crippen MR) is 88.8 cm³/mol. The SMILES string of the molecule is O=C1S/C(=C\c2ccc[nH]2)C(=O)N1Cc1ccc(Cl)c(Cl)c1. The van der Waals surface area contributed by atoms with Gasteiger partial charge in [0.25, 0.3) is 11.1 Å². The Bertz CT molecular complexity index is 772. The van der Waals surface area contributed by atoms with Gasteiger partial charge in [0.2, 0.25) is 0 Å². The van der Waals surface area contributed by atoms with Crippen molar-refractivity contribution in [3.8, 4) is 0 Å². The molecule has 2 amide bonds. The van der Waals surface area contributed by atoms with E-state index in [1.807, 2.05) is 12.1 Å². The summed E-state index contributed by atoms with van der Waals surface area (Å²) in [5.74, 6) is -0.310. The van der Waals surface area contributed by atoms with Gasteiger partial charge >= 0.3 is 0 Å². The maximum Gasteiger partial charge on any atom is 0.293 e. The molecule has 0 bridgehead atoms. The van der Waals surface area contributed by atoms with Crippen LogP contribution >= 0.6 is 35.0 Å². The van der Waals surface area contributed by atoms with E-state index in [0.29, 0.717) is 15.0 Å². The highest BCUT2D eigenvalue weighted by molar-refractivity contribution is 8.18. The molecule has 2 aromatic rings. The third kappa shape index (κ3) is 3.06. The molecule has 3 rings (SSSR count). The van der Waals surface area contributed by atoms with Gasteiger partial charge in [0.1, 0.15) is 0 Å². The molecular weight excluding hydrogens is 343 g/mol. The molecule has 112 valence electrons. The van der Waals surface area contributed by atoms with Crippen molar-refractivity contribution in [1.82, 2.24) is 9.88 Å². The monoisotopic (exact) mass is 352 g/mol. The second-order valence-corrected chi connectivity index (χ2v) is 6.45. The van der Waals surface area contributed by atoms with Crippen molar-refractivity contribution in [2.24, 2.45) is 0 Å². The lowest BCUT2D eigenvalue weighted by molar-refractivity contribution is -0.123. The number of benzene rings is 1. The van der Waals surface area contributed by atoms with Gasteiger partial charge in [-0.2, -0.15) is 0 Å². The number of nitrogens with zero attached hydrogens (tertiary/aromatic N) is 1. The molecule has 0 unspecified atom stereocenters. The number of aromatic amines is 1. The average Bonchev–Trinajstić information content (AvgIpc) is 3.07. The Morgan fingerprint density at radius 1 is 1.18 bits per heavy atom. The van der Waals surface area contributed by atoms with E-state index in [0.717, 1.165) is 23.0 Å². The van der Waals surface area contributed by atoms with E-state index < -0.39 is 0 Å². The molecule has 4 nitrogen and oxygen atoms in total. The Morgan fingerprint density at radius 2 is 2.00 bits per heavy atom. The van der Waals surface area contributed by atoms with E-state index in [-0.39, 0.29) is 17.7 Å². The van der Waals surface area contributed by atoms with Crippen molar-refractivity contribution < 1.29 is 9.59 Å². The van der Waals surface area contributed by atoms with Gasteiger partial charge in [-0.15, -0.1) is 0 Å². The molecule has 22 heavy (non-hydrogen) atoms. The summed E-state index contributed by atoms with van der Waals surface area (Å²) < 4.78 is 0. The number of carbonyl (C=O) groups excluding carboxylic acids is 2. The zero-order chi connectivity index (χ0) is 15.7. The number of rotatable bonds is 3. The van der Waals surface area contributed by atoms with Crippen molar-refractivity contribution in [2.75, 3.05) is 0 Å². The molecule has 1 aliphatic heterocycles. The smallest absolute Gasteiger partial charge is 0.293 e. The van der Waals surface area contributed by atoms with Gasteiger partial charge in [-0.25, -0.2) is 0 Å². The minimum atomic E-state index is -0.310. The first-order chi connectivity index (χ1) is 10.5. The molecule has 0 saturated carbocycles. The second-order valence-electron chi connectivity index (χ2n) is 4.64. The fraction of sp³-hybridized carbons (Fsp3) is 0.0667. The number of thioether (sulfide) groups is 1. The van der Waals surface area contributed by atoms with Gasteiger partial charge in [-0.05, 0) is 47.7 Å². The van der Waals surface area contributed by atoms with Crippen molar-refractivity contribution in [1.29, 1.82) is 0 Å². The van der Waals surface area contributed by atoms with Crippen LogP contribution < -0.4 is 0 Å². The summed E-state index contributed by atoms with van der Waals surface area (Å²) in [7, 11) is 0. The first kappa shape index (κ1) is 15.2. The maximum atomic E-state index is 12.3. The molecule has 1 saturated heterocycles. The first-order valence-electron chi connectivity index (χ1n) is 6.37. The highest BCUT2D eigenvalue weighted by Gasteiger charge is 2.35. The molecule has 0 aliphatic carbocycles. The zero-order valence-corrected chi connectivity index (χ0v) is 13.5. The van der Waals surface area contributed by atoms with Gasteiger partial charge < -0.3 is 4.98 Å².